The molecule has 0 amide bonds. The van der Waals surface area contributed by atoms with Gasteiger partial charge in [0.15, 0.2) is 0 Å². The van der Waals surface area contributed by atoms with Gasteiger partial charge in [-0.25, -0.2) is 9.44 Å². The summed E-state index contributed by atoms with van der Waals surface area (Å²) >= 11 is 0. The Kier molecular flexibility index (Phi) is 4.22. The second kappa shape index (κ2) is 5.22. The van der Waals surface area contributed by atoms with Gasteiger partial charge in [-0.15, -0.1) is 0 Å². The molecule has 1 atom stereocenters. The van der Waals surface area contributed by atoms with Crippen molar-refractivity contribution >= 4 is 10.2 Å². The average Bonchev–Trinajstić information content (AvgIpc) is 2.27. The third-order valence-corrected chi connectivity index (χ3v) is 3.07. The molecule has 0 radical (unpaired) electrons. The van der Waals surface area contributed by atoms with Gasteiger partial charge in [-0.1, -0.05) is 30.3 Å². The molecule has 0 aliphatic heterocycles. The highest BCUT2D eigenvalue weighted by atomic mass is 32.2. The van der Waals surface area contributed by atoms with E-state index in [9.17, 15) is 8.42 Å². The molecule has 0 saturated heterocycles. The first-order chi connectivity index (χ1) is 7.05. The lowest BCUT2D eigenvalue weighted by molar-refractivity contribution is 0.564. The molecule has 0 fully saturated rings. The normalized spacial score (nSPS) is 13.7. The number of hydrogen-bond donors (Lipinski definition) is 3. The monoisotopic (exact) mass is 229 g/mol. The summed E-state index contributed by atoms with van der Waals surface area (Å²) in [5, 5.41) is 0. The topological polar surface area (TPSA) is 84.2 Å². The highest BCUT2D eigenvalue weighted by Gasteiger charge is 2.10. The molecule has 0 aliphatic carbocycles. The predicted octanol–water partition coefficient (Wildman–Crippen LogP) is -0.260. The van der Waals surface area contributed by atoms with E-state index in [-0.39, 0.29) is 12.6 Å². The Balaban J connectivity index is 2.54. The lowest BCUT2D eigenvalue weighted by Crippen LogP contribution is -2.38. The molecule has 0 spiro atoms. The molecule has 0 saturated carbocycles. The summed E-state index contributed by atoms with van der Waals surface area (Å²) in [5.41, 5.74) is 6.70. The van der Waals surface area contributed by atoms with E-state index in [1.165, 1.54) is 7.05 Å². The smallest absolute Gasteiger partial charge is 0.276 e. The minimum absolute atomic E-state index is 0.174. The van der Waals surface area contributed by atoms with Crippen LogP contribution >= 0.6 is 0 Å². The Morgan fingerprint density at radius 2 is 1.93 bits per heavy atom. The Morgan fingerprint density at radius 1 is 1.33 bits per heavy atom. The zero-order valence-electron chi connectivity index (χ0n) is 8.47. The standard InChI is InChI=1S/C9H15N3O2S/c1-11-15(13,14)12-7-9(10)8-5-3-2-4-6-8/h2-6,9,11-12H,7,10H2,1H3. The minimum Gasteiger partial charge on any atom is -0.323 e. The molecule has 15 heavy (non-hydrogen) atoms. The van der Waals surface area contributed by atoms with Crippen LogP contribution in [-0.4, -0.2) is 22.0 Å². The number of benzene rings is 1. The molecule has 0 aliphatic rings. The van der Waals surface area contributed by atoms with Gasteiger partial charge in [0.05, 0.1) is 0 Å². The largest absolute Gasteiger partial charge is 0.323 e. The average molecular weight is 229 g/mol. The number of rotatable bonds is 5. The number of nitrogens with one attached hydrogen (secondary N) is 2. The van der Waals surface area contributed by atoms with Crippen LogP contribution in [0, 0.1) is 0 Å². The van der Waals surface area contributed by atoms with Gasteiger partial charge in [0, 0.05) is 19.6 Å². The molecule has 0 bridgehead atoms. The van der Waals surface area contributed by atoms with Crippen molar-refractivity contribution in [3.8, 4) is 0 Å². The van der Waals surface area contributed by atoms with Crippen LogP contribution in [0.4, 0.5) is 0 Å². The zero-order chi connectivity index (χ0) is 11.3. The van der Waals surface area contributed by atoms with Crippen molar-refractivity contribution in [2.75, 3.05) is 13.6 Å². The van der Waals surface area contributed by atoms with E-state index < -0.39 is 10.2 Å². The summed E-state index contributed by atoms with van der Waals surface area (Å²) in [7, 11) is -2.06. The van der Waals surface area contributed by atoms with Gasteiger partial charge >= 0.3 is 0 Å². The van der Waals surface area contributed by atoms with Crippen molar-refractivity contribution < 1.29 is 8.42 Å². The van der Waals surface area contributed by atoms with E-state index in [1.807, 2.05) is 30.3 Å². The Labute approximate surface area is 89.9 Å². The third kappa shape index (κ3) is 3.96. The van der Waals surface area contributed by atoms with E-state index in [4.69, 9.17) is 5.73 Å². The molecule has 4 N–H and O–H groups in total. The first-order valence-electron chi connectivity index (χ1n) is 4.54. The van der Waals surface area contributed by atoms with Gasteiger partial charge < -0.3 is 5.73 Å². The van der Waals surface area contributed by atoms with Crippen LogP contribution in [-0.2, 0) is 10.2 Å². The summed E-state index contributed by atoms with van der Waals surface area (Å²) in [4.78, 5) is 0. The van der Waals surface area contributed by atoms with Gasteiger partial charge in [0.25, 0.3) is 10.2 Å². The molecule has 5 nitrogen and oxygen atoms in total. The SMILES string of the molecule is CNS(=O)(=O)NCC(N)c1ccccc1. The van der Waals surface area contributed by atoms with E-state index in [0.717, 1.165) is 5.56 Å². The van der Waals surface area contributed by atoms with Crippen LogP contribution in [0.15, 0.2) is 30.3 Å². The predicted molar refractivity (Wildman–Crippen MR) is 59.4 cm³/mol. The second-order valence-electron chi connectivity index (χ2n) is 3.07. The fourth-order valence-corrected chi connectivity index (χ4v) is 1.63. The molecule has 1 aromatic rings. The van der Waals surface area contributed by atoms with Crippen molar-refractivity contribution in [3.05, 3.63) is 35.9 Å². The van der Waals surface area contributed by atoms with Crippen LogP contribution < -0.4 is 15.2 Å². The van der Waals surface area contributed by atoms with Crippen LogP contribution in [0.1, 0.15) is 11.6 Å². The van der Waals surface area contributed by atoms with Gasteiger partial charge in [0.1, 0.15) is 0 Å². The molecule has 1 unspecified atom stereocenters. The van der Waals surface area contributed by atoms with Crippen LogP contribution in [0.5, 0.6) is 0 Å². The van der Waals surface area contributed by atoms with E-state index >= 15 is 0 Å². The molecule has 1 rings (SSSR count). The molecule has 1 aromatic carbocycles. The van der Waals surface area contributed by atoms with Crippen LogP contribution in [0.25, 0.3) is 0 Å². The molecule has 6 heteroatoms. The second-order valence-corrected chi connectivity index (χ2v) is 4.78. The summed E-state index contributed by atoms with van der Waals surface area (Å²) in [6, 6.07) is 8.99. The molecular weight excluding hydrogens is 214 g/mol. The minimum atomic E-state index is -3.40. The van der Waals surface area contributed by atoms with Crippen LogP contribution in [0.2, 0.25) is 0 Å². The Hall–Kier alpha value is -0.950. The maximum Gasteiger partial charge on any atom is 0.276 e. The highest BCUT2D eigenvalue weighted by molar-refractivity contribution is 7.87. The Bertz CT molecular complexity index is 391. The van der Waals surface area contributed by atoms with Gasteiger partial charge in [-0.05, 0) is 5.56 Å². The first kappa shape index (κ1) is 12.1. The number of nitrogens with two attached hydrogens (primary N) is 1. The molecule has 84 valence electrons. The van der Waals surface area contributed by atoms with E-state index in [1.54, 1.807) is 0 Å². The highest BCUT2D eigenvalue weighted by Crippen LogP contribution is 2.07. The maximum atomic E-state index is 11.1. The van der Waals surface area contributed by atoms with Crippen LogP contribution in [0.3, 0.4) is 0 Å². The van der Waals surface area contributed by atoms with E-state index in [2.05, 4.69) is 9.44 Å². The maximum absolute atomic E-state index is 11.1. The summed E-state index contributed by atoms with van der Waals surface area (Å²) < 4.78 is 26.6. The van der Waals surface area contributed by atoms with Gasteiger partial charge in [0.2, 0.25) is 0 Å². The van der Waals surface area contributed by atoms with Crippen molar-refractivity contribution in [2.24, 2.45) is 5.73 Å². The lowest BCUT2D eigenvalue weighted by Gasteiger charge is -2.12. The molecule has 0 heterocycles. The van der Waals surface area contributed by atoms with E-state index in [0.29, 0.717) is 0 Å². The van der Waals surface area contributed by atoms with Crippen molar-refractivity contribution in [2.45, 2.75) is 6.04 Å². The van der Waals surface area contributed by atoms with Gasteiger partial charge in [-0.3, -0.25) is 0 Å². The summed E-state index contributed by atoms with van der Waals surface area (Å²) in [6.45, 7) is 0.174. The summed E-state index contributed by atoms with van der Waals surface area (Å²) in [6.07, 6.45) is 0. The summed E-state index contributed by atoms with van der Waals surface area (Å²) in [5.74, 6) is 0. The fraction of sp³-hybridized carbons (Fsp3) is 0.333. The van der Waals surface area contributed by atoms with Crippen molar-refractivity contribution in [1.29, 1.82) is 0 Å². The lowest BCUT2D eigenvalue weighted by atomic mass is 10.1. The van der Waals surface area contributed by atoms with Crippen molar-refractivity contribution in [1.82, 2.24) is 9.44 Å². The van der Waals surface area contributed by atoms with Crippen molar-refractivity contribution in [3.63, 3.8) is 0 Å². The molecule has 0 aromatic heterocycles. The number of hydrogen-bond acceptors (Lipinski definition) is 3. The first-order valence-corrected chi connectivity index (χ1v) is 6.02. The molecular formula is C9H15N3O2S. The Morgan fingerprint density at radius 3 is 2.47 bits per heavy atom. The quantitative estimate of drug-likeness (QED) is 0.650. The fourth-order valence-electron chi connectivity index (χ4n) is 1.09. The zero-order valence-corrected chi connectivity index (χ0v) is 9.29. The van der Waals surface area contributed by atoms with Gasteiger partial charge in [-0.2, -0.15) is 8.42 Å². The third-order valence-electron chi connectivity index (χ3n) is 1.99.